The Morgan fingerprint density at radius 2 is 2.25 bits per heavy atom. The Morgan fingerprint density at radius 1 is 1.45 bits per heavy atom. The van der Waals surface area contributed by atoms with E-state index in [2.05, 4.69) is 4.98 Å². The normalized spacial score (nSPS) is 13.0. The van der Waals surface area contributed by atoms with Gasteiger partial charge < -0.3 is 8.98 Å². The van der Waals surface area contributed by atoms with Gasteiger partial charge in [0, 0.05) is 6.07 Å². The number of furan rings is 1. The highest BCUT2D eigenvalue weighted by atomic mass is 35.5. The third-order valence-electron chi connectivity index (χ3n) is 3.31. The summed E-state index contributed by atoms with van der Waals surface area (Å²) in [5, 5.41) is -0.263. The molecule has 0 aliphatic carbocycles. The first-order valence-electron chi connectivity index (χ1n) is 6.39. The van der Waals surface area contributed by atoms with Gasteiger partial charge in [0.1, 0.15) is 17.4 Å². The van der Waals surface area contributed by atoms with Crippen LogP contribution in [0.25, 0.3) is 11.0 Å². The second kappa shape index (κ2) is 4.94. The van der Waals surface area contributed by atoms with E-state index >= 15 is 0 Å². The van der Waals surface area contributed by atoms with Crippen LogP contribution in [0.1, 0.15) is 29.4 Å². The van der Waals surface area contributed by atoms with Crippen LogP contribution in [0, 0.1) is 12.7 Å². The summed E-state index contributed by atoms with van der Waals surface area (Å²) in [7, 11) is 0. The van der Waals surface area contributed by atoms with Crippen molar-refractivity contribution in [2.45, 2.75) is 25.8 Å². The van der Waals surface area contributed by atoms with E-state index in [0.29, 0.717) is 23.4 Å². The Hall–Kier alpha value is -1.81. The number of aromatic nitrogens is 2. The molecule has 1 atom stereocenters. The molecular weight excluding hydrogens is 279 g/mol. The van der Waals surface area contributed by atoms with Gasteiger partial charge in [-0.05, 0) is 37.6 Å². The number of alkyl halides is 1. The third-order valence-corrected chi connectivity index (χ3v) is 3.50. The molecule has 1 unspecified atom stereocenters. The molecule has 20 heavy (non-hydrogen) atoms. The summed E-state index contributed by atoms with van der Waals surface area (Å²) < 4.78 is 21.0. The quantitative estimate of drug-likeness (QED) is 0.669. The molecule has 0 radical (unpaired) electrons. The summed E-state index contributed by atoms with van der Waals surface area (Å²) in [5.74, 6) is 1.27. The lowest BCUT2D eigenvalue weighted by Crippen LogP contribution is -2.05. The third kappa shape index (κ3) is 2.20. The van der Waals surface area contributed by atoms with Gasteiger partial charge in [0.2, 0.25) is 0 Å². The maximum atomic E-state index is 13.7. The predicted molar refractivity (Wildman–Crippen MR) is 76.5 cm³/mol. The Balaban J connectivity index is 2.20. The van der Waals surface area contributed by atoms with Gasteiger partial charge >= 0.3 is 0 Å². The molecule has 2 aromatic heterocycles. The van der Waals surface area contributed by atoms with Crippen molar-refractivity contribution in [2.75, 3.05) is 0 Å². The minimum Gasteiger partial charge on any atom is -0.467 e. The van der Waals surface area contributed by atoms with E-state index < -0.39 is 0 Å². The maximum absolute atomic E-state index is 13.7. The minimum absolute atomic E-state index is 0.256. The highest BCUT2D eigenvalue weighted by Gasteiger charge is 2.17. The van der Waals surface area contributed by atoms with Gasteiger partial charge in [0.05, 0.1) is 29.2 Å². The summed E-state index contributed by atoms with van der Waals surface area (Å²) in [6.45, 7) is 4.12. The van der Waals surface area contributed by atoms with Crippen molar-refractivity contribution in [1.29, 1.82) is 0 Å². The molecule has 3 aromatic rings. The lowest BCUT2D eigenvalue weighted by molar-refractivity contribution is 0.492. The zero-order valence-electron chi connectivity index (χ0n) is 11.2. The molecule has 0 aliphatic heterocycles. The van der Waals surface area contributed by atoms with Gasteiger partial charge in [-0.3, -0.25) is 0 Å². The van der Waals surface area contributed by atoms with Gasteiger partial charge in [-0.1, -0.05) is 0 Å². The van der Waals surface area contributed by atoms with Gasteiger partial charge in [-0.25, -0.2) is 9.37 Å². The number of aryl methyl sites for hydroxylation is 1. The summed E-state index contributed by atoms with van der Waals surface area (Å²) in [6, 6.07) is 6.98. The number of hydrogen-bond acceptors (Lipinski definition) is 2. The van der Waals surface area contributed by atoms with E-state index in [9.17, 15) is 4.39 Å². The van der Waals surface area contributed by atoms with Crippen molar-refractivity contribution < 1.29 is 8.81 Å². The molecule has 0 bridgehead atoms. The number of halogens is 2. The Morgan fingerprint density at radius 3 is 2.90 bits per heavy atom. The number of rotatable bonds is 3. The lowest BCUT2D eigenvalue weighted by atomic mass is 10.2. The van der Waals surface area contributed by atoms with E-state index in [4.69, 9.17) is 16.0 Å². The number of nitrogens with zero attached hydrogens (tertiary/aromatic N) is 2. The molecule has 0 amide bonds. The number of imidazole rings is 1. The van der Waals surface area contributed by atoms with E-state index in [1.807, 2.05) is 23.6 Å². The summed E-state index contributed by atoms with van der Waals surface area (Å²) in [4.78, 5) is 4.44. The van der Waals surface area contributed by atoms with Crippen molar-refractivity contribution in [2.24, 2.45) is 0 Å². The van der Waals surface area contributed by atoms with Crippen molar-refractivity contribution in [3.63, 3.8) is 0 Å². The fourth-order valence-corrected chi connectivity index (χ4v) is 2.46. The average Bonchev–Trinajstić information content (AvgIpc) is 3.00. The molecule has 0 spiro atoms. The zero-order chi connectivity index (χ0) is 14.3. The number of hydrogen-bond donors (Lipinski definition) is 0. The SMILES string of the molecule is Cc1cc2c(cc1F)nc(C(C)Cl)n2Cc1ccco1. The number of benzene rings is 1. The van der Waals surface area contributed by atoms with Crippen LogP contribution in [0.3, 0.4) is 0 Å². The molecule has 2 heterocycles. The smallest absolute Gasteiger partial charge is 0.128 e. The average molecular weight is 293 g/mol. The van der Waals surface area contributed by atoms with E-state index in [-0.39, 0.29) is 11.2 Å². The number of fused-ring (bicyclic) bond motifs is 1. The molecule has 104 valence electrons. The minimum atomic E-state index is -0.263. The molecule has 0 saturated carbocycles. The Kier molecular flexibility index (Phi) is 3.26. The molecule has 3 rings (SSSR count). The second-order valence-electron chi connectivity index (χ2n) is 4.84. The maximum Gasteiger partial charge on any atom is 0.128 e. The van der Waals surface area contributed by atoms with Crippen LogP contribution < -0.4 is 0 Å². The van der Waals surface area contributed by atoms with Crippen molar-refractivity contribution >= 4 is 22.6 Å². The highest BCUT2D eigenvalue weighted by molar-refractivity contribution is 6.20. The topological polar surface area (TPSA) is 31.0 Å². The molecule has 0 fully saturated rings. The van der Waals surface area contributed by atoms with E-state index in [0.717, 1.165) is 11.3 Å². The van der Waals surface area contributed by atoms with Crippen molar-refractivity contribution in [3.8, 4) is 0 Å². The van der Waals surface area contributed by atoms with Gasteiger partial charge in [0.15, 0.2) is 0 Å². The summed E-state index contributed by atoms with van der Waals surface area (Å²) in [5.41, 5.74) is 2.07. The molecule has 1 aromatic carbocycles. The van der Waals surface area contributed by atoms with Gasteiger partial charge in [0.25, 0.3) is 0 Å². The first-order chi connectivity index (χ1) is 9.56. The Bertz CT molecular complexity index is 747. The lowest BCUT2D eigenvalue weighted by Gasteiger charge is -2.09. The van der Waals surface area contributed by atoms with Crippen molar-refractivity contribution in [1.82, 2.24) is 9.55 Å². The predicted octanol–water partition coefficient (Wildman–Crippen LogP) is 4.42. The molecule has 5 heteroatoms. The van der Waals surface area contributed by atoms with Gasteiger partial charge in [-0.2, -0.15) is 0 Å². The van der Waals surface area contributed by atoms with E-state index in [1.54, 1.807) is 19.3 Å². The first-order valence-corrected chi connectivity index (χ1v) is 6.82. The fourth-order valence-electron chi connectivity index (χ4n) is 2.30. The standard InChI is InChI=1S/C15H14ClFN2O/c1-9-6-14-13(7-12(9)17)18-15(10(2)16)19(14)8-11-4-3-5-20-11/h3-7,10H,8H2,1-2H3. The van der Waals surface area contributed by atoms with Crippen LogP contribution in [0.15, 0.2) is 34.9 Å². The van der Waals surface area contributed by atoms with E-state index in [1.165, 1.54) is 6.07 Å². The van der Waals surface area contributed by atoms with Crippen LogP contribution in [-0.4, -0.2) is 9.55 Å². The monoisotopic (exact) mass is 292 g/mol. The molecule has 0 aliphatic rings. The fraction of sp³-hybridized carbons (Fsp3) is 0.267. The largest absolute Gasteiger partial charge is 0.467 e. The molecule has 0 N–H and O–H groups in total. The highest BCUT2D eigenvalue weighted by Crippen LogP contribution is 2.27. The van der Waals surface area contributed by atoms with Gasteiger partial charge in [-0.15, -0.1) is 11.6 Å². The molecule has 3 nitrogen and oxygen atoms in total. The molecular formula is C15H14ClFN2O. The summed E-state index contributed by atoms with van der Waals surface area (Å²) in [6.07, 6.45) is 1.63. The van der Waals surface area contributed by atoms with Crippen LogP contribution in [-0.2, 0) is 6.54 Å². The zero-order valence-corrected chi connectivity index (χ0v) is 12.0. The van der Waals surface area contributed by atoms with Crippen LogP contribution >= 0.6 is 11.6 Å². The first kappa shape index (κ1) is 13.2. The summed E-state index contributed by atoms with van der Waals surface area (Å²) >= 11 is 6.19. The van der Waals surface area contributed by atoms with Crippen LogP contribution in [0.4, 0.5) is 4.39 Å². The molecule has 0 saturated heterocycles. The van der Waals surface area contributed by atoms with Crippen molar-refractivity contribution in [3.05, 3.63) is 53.5 Å². The van der Waals surface area contributed by atoms with Crippen LogP contribution in [0.5, 0.6) is 0 Å². The van der Waals surface area contributed by atoms with Crippen LogP contribution in [0.2, 0.25) is 0 Å². The Labute approximate surface area is 121 Å². The second-order valence-corrected chi connectivity index (χ2v) is 5.50.